The van der Waals surface area contributed by atoms with Crippen molar-refractivity contribution in [1.82, 2.24) is 10.3 Å². The number of aryl methyl sites for hydroxylation is 1. The lowest BCUT2D eigenvalue weighted by Crippen LogP contribution is -2.37. The SMILES string of the molecule is COc1ccc([C@H]2C(C(=O)Nc3cccc(C)n3)=C(C)NC3=C2C(=O)C[C@H](C)C3)cc1OC. The van der Waals surface area contributed by atoms with Crippen molar-refractivity contribution in [2.75, 3.05) is 19.5 Å². The third-order valence-electron chi connectivity index (χ3n) is 6.15. The second kappa shape index (κ2) is 9.10. The number of amides is 1. The predicted octanol–water partition coefficient (Wildman–Crippen LogP) is 4.26. The summed E-state index contributed by atoms with van der Waals surface area (Å²) in [6.45, 7) is 5.81. The number of carbonyl (C=O) groups excluding carboxylic acids is 2. The molecule has 2 N–H and O–H groups in total. The van der Waals surface area contributed by atoms with Gasteiger partial charge in [0.1, 0.15) is 5.82 Å². The van der Waals surface area contributed by atoms with Crippen molar-refractivity contribution in [3.8, 4) is 11.5 Å². The Morgan fingerprint density at radius 1 is 1.09 bits per heavy atom. The number of allylic oxidation sites excluding steroid dienone is 3. The number of methoxy groups -OCH3 is 2. The van der Waals surface area contributed by atoms with Gasteiger partial charge >= 0.3 is 0 Å². The summed E-state index contributed by atoms with van der Waals surface area (Å²) >= 11 is 0. The van der Waals surface area contributed by atoms with Crippen LogP contribution in [0.5, 0.6) is 11.5 Å². The molecule has 1 aromatic carbocycles. The summed E-state index contributed by atoms with van der Waals surface area (Å²) in [4.78, 5) is 31.2. The normalized spacial score (nSPS) is 20.2. The summed E-state index contributed by atoms with van der Waals surface area (Å²) in [5, 5.41) is 6.27. The molecule has 33 heavy (non-hydrogen) atoms. The summed E-state index contributed by atoms with van der Waals surface area (Å²) < 4.78 is 10.9. The number of hydrogen-bond donors (Lipinski definition) is 2. The third-order valence-corrected chi connectivity index (χ3v) is 6.15. The molecule has 0 bridgehead atoms. The minimum absolute atomic E-state index is 0.0579. The Bertz CT molecular complexity index is 1180. The average Bonchev–Trinajstić information content (AvgIpc) is 2.77. The minimum Gasteiger partial charge on any atom is -0.493 e. The highest BCUT2D eigenvalue weighted by molar-refractivity contribution is 6.09. The largest absolute Gasteiger partial charge is 0.493 e. The van der Waals surface area contributed by atoms with E-state index < -0.39 is 5.92 Å². The Morgan fingerprint density at radius 2 is 1.85 bits per heavy atom. The van der Waals surface area contributed by atoms with Crippen LogP contribution in [0.25, 0.3) is 0 Å². The molecule has 0 saturated heterocycles. The van der Waals surface area contributed by atoms with E-state index in [4.69, 9.17) is 9.47 Å². The molecule has 1 aliphatic heterocycles. The van der Waals surface area contributed by atoms with Crippen LogP contribution in [0.3, 0.4) is 0 Å². The molecule has 7 nitrogen and oxygen atoms in total. The van der Waals surface area contributed by atoms with Crippen LogP contribution in [0.15, 0.2) is 58.9 Å². The van der Waals surface area contributed by atoms with E-state index in [2.05, 4.69) is 22.5 Å². The quantitative estimate of drug-likeness (QED) is 0.712. The lowest BCUT2D eigenvalue weighted by Gasteiger charge is -2.36. The van der Waals surface area contributed by atoms with Gasteiger partial charge in [-0.25, -0.2) is 4.98 Å². The highest BCUT2D eigenvalue weighted by Crippen LogP contribution is 2.45. The van der Waals surface area contributed by atoms with Crippen LogP contribution in [-0.4, -0.2) is 30.9 Å². The number of aromatic nitrogens is 1. The van der Waals surface area contributed by atoms with Gasteiger partial charge in [0, 0.05) is 40.6 Å². The molecule has 0 spiro atoms. The summed E-state index contributed by atoms with van der Waals surface area (Å²) in [7, 11) is 3.15. The van der Waals surface area contributed by atoms with Crippen LogP contribution in [0.1, 0.15) is 43.9 Å². The van der Waals surface area contributed by atoms with Crippen molar-refractivity contribution in [2.45, 2.75) is 39.5 Å². The Kier molecular flexibility index (Phi) is 6.22. The van der Waals surface area contributed by atoms with Gasteiger partial charge in [0.2, 0.25) is 0 Å². The van der Waals surface area contributed by atoms with Gasteiger partial charge in [-0.05, 0) is 56.0 Å². The van der Waals surface area contributed by atoms with Gasteiger partial charge in [0.15, 0.2) is 17.3 Å². The molecule has 0 fully saturated rings. The predicted molar refractivity (Wildman–Crippen MR) is 126 cm³/mol. The van der Waals surface area contributed by atoms with Crippen molar-refractivity contribution in [3.05, 3.63) is 70.2 Å². The molecule has 2 atom stereocenters. The first-order valence-corrected chi connectivity index (χ1v) is 11.0. The molecule has 2 aromatic rings. The van der Waals surface area contributed by atoms with E-state index in [9.17, 15) is 9.59 Å². The van der Waals surface area contributed by atoms with Gasteiger partial charge in [-0.15, -0.1) is 0 Å². The molecule has 1 amide bonds. The monoisotopic (exact) mass is 447 g/mol. The van der Waals surface area contributed by atoms with Gasteiger partial charge in [0.05, 0.1) is 14.2 Å². The zero-order valence-corrected chi connectivity index (χ0v) is 19.6. The Morgan fingerprint density at radius 3 is 2.55 bits per heavy atom. The lowest BCUT2D eigenvalue weighted by atomic mass is 9.73. The Hall–Kier alpha value is -3.61. The number of pyridine rings is 1. The highest BCUT2D eigenvalue weighted by atomic mass is 16.5. The van der Waals surface area contributed by atoms with Crippen LogP contribution in [0.4, 0.5) is 5.82 Å². The second-order valence-electron chi connectivity index (χ2n) is 8.66. The van der Waals surface area contributed by atoms with E-state index in [1.165, 1.54) is 0 Å². The van der Waals surface area contributed by atoms with E-state index >= 15 is 0 Å². The smallest absolute Gasteiger partial charge is 0.255 e. The molecule has 0 radical (unpaired) electrons. The molecular weight excluding hydrogens is 418 g/mol. The van der Waals surface area contributed by atoms with Crippen molar-refractivity contribution < 1.29 is 19.1 Å². The minimum atomic E-state index is -0.522. The molecule has 2 heterocycles. The number of rotatable bonds is 5. The van der Waals surface area contributed by atoms with Gasteiger partial charge < -0.3 is 20.1 Å². The standard InChI is InChI=1S/C26H29N3O4/c1-14-11-18-25(19(30)12-14)24(17-9-10-20(32-4)21(13-17)33-5)23(16(3)28-18)26(31)29-22-8-6-7-15(2)27-22/h6-10,13-14,24,28H,11-12H2,1-5H3,(H,27,29,31)/t14-,24+/m1/s1. The van der Waals surface area contributed by atoms with Gasteiger partial charge in [0.25, 0.3) is 5.91 Å². The molecule has 4 rings (SSSR count). The fourth-order valence-electron chi connectivity index (χ4n) is 4.70. The first-order valence-electron chi connectivity index (χ1n) is 11.0. The summed E-state index contributed by atoms with van der Waals surface area (Å²) in [5.41, 5.74) is 4.35. The maximum Gasteiger partial charge on any atom is 0.255 e. The zero-order chi connectivity index (χ0) is 23.7. The number of carbonyl (C=O) groups is 2. The van der Waals surface area contributed by atoms with E-state index in [1.54, 1.807) is 26.4 Å². The number of ketones is 1. The zero-order valence-electron chi connectivity index (χ0n) is 19.6. The van der Waals surface area contributed by atoms with E-state index in [-0.39, 0.29) is 17.6 Å². The number of anilines is 1. The maximum absolute atomic E-state index is 13.6. The van der Waals surface area contributed by atoms with Crippen LogP contribution in [0, 0.1) is 12.8 Å². The van der Waals surface area contributed by atoms with Crippen LogP contribution in [0.2, 0.25) is 0 Å². The Labute approximate surface area is 193 Å². The molecule has 1 aliphatic carbocycles. The second-order valence-corrected chi connectivity index (χ2v) is 8.66. The van der Waals surface area contributed by atoms with Gasteiger partial charge in [-0.2, -0.15) is 0 Å². The number of dihydropyridines is 1. The Balaban J connectivity index is 1.83. The van der Waals surface area contributed by atoms with Crippen molar-refractivity contribution in [3.63, 3.8) is 0 Å². The first kappa shape index (κ1) is 22.6. The molecule has 7 heteroatoms. The average molecular weight is 448 g/mol. The molecular formula is C26H29N3O4. The molecule has 2 aliphatic rings. The van der Waals surface area contributed by atoms with Crippen molar-refractivity contribution in [2.24, 2.45) is 5.92 Å². The van der Waals surface area contributed by atoms with Crippen LogP contribution >= 0.6 is 0 Å². The van der Waals surface area contributed by atoms with Crippen LogP contribution < -0.4 is 20.1 Å². The summed E-state index contributed by atoms with van der Waals surface area (Å²) in [5.74, 6) is 1.09. The molecule has 1 aromatic heterocycles. The number of ether oxygens (including phenoxy) is 2. The number of hydrogen-bond acceptors (Lipinski definition) is 6. The number of benzene rings is 1. The van der Waals surface area contributed by atoms with Crippen molar-refractivity contribution in [1.29, 1.82) is 0 Å². The fourth-order valence-corrected chi connectivity index (χ4v) is 4.70. The summed E-state index contributed by atoms with van der Waals surface area (Å²) in [6, 6.07) is 11.0. The topological polar surface area (TPSA) is 89.5 Å². The fraction of sp³-hybridized carbons (Fsp3) is 0.346. The van der Waals surface area contributed by atoms with Crippen molar-refractivity contribution >= 4 is 17.5 Å². The highest BCUT2D eigenvalue weighted by Gasteiger charge is 2.40. The number of nitrogens with zero attached hydrogens (tertiary/aromatic N) is 1. The van der Waals surface area contributed by atoms with E-state index in [0.29, 0.717) is 34.9 Å². The number of Topliss-reactive ketones (excluding diaryl/α,β-unsaturated/α-hetero) is 1. The summed E-state index contributed by atoms with van der Waals surface area (Å²) in [6.07, 6.45) is 1.22. The van der Waals surface area contributed by atoms with E-state index in [0.717, 1.165) is 29.1 Å². The molecule has 172 valence electrons. The van der Waals surface area contributed by atoms with Gasteiger partial charge in [-0.1, -0.05) is 19.1 Å². The van der Waals surface area contributed by atoms with Gasteiger partial charge in [-0.3, -0.25) is 9.59 Å². The lowest BCUT2D eigenvalue weighted by molar-refractivity contribution is -0.117. The number of nitrogens with one attached hydrogen (secondary N) is 2. The van der Waals surface area contributed by atoms with Crippen LogP contribution in [-0.2, 0) is 9.59 Å². The first-order chi connectivity index (χ1) is 15.8. The molecule has 0 saturated carbocycles. The van der Waals surface area contributed by atoms with E-state index in [1.807, 2.05) is 38.1 Å². The maximum atomic E-state index is 13.6. The molecule has 0 unspecified atom stereocenters. The third kappa shape index (κ3) is 4.35.